The molecule has 0 saturated carbocycles. The molecule has 0 aliphatic carbocycles. The molecule has 110 valence electrons. The molecule has 1 aromatic carbocycles. The highest BCUT2D eigenvalue weighted by Gasteiger charge is 2.44. The van der Waals surface area contributed by atoms with E-state index in [1.54, 1.807) is 26.0 Å². The van der Waals surface area contributed by atoms with Crippen molar-refractivity contribution in [1.29, 1.82) is 0 Å². The van der Waals surface area contributed by atoms with Crippen LogP contribution in [0.5, 0.6) is 11.5 Å². The number of carbonyl (C=O) groups is 1. The number of alkyl halides is 2. The van der Waals surface area contributed by atoms with Gasteiger partial charge in [0, 0.05) is 12.1 Å². The smallest absolute Gasteiger partial charge is 0.395 e. The lowest BCUT2D eigenvalue weighted by Crippen LogP contribution is -2.52. The number of ether oxygens (including phenoxy) is 2. The number of nitrogens with one attached hydrogen (secondary N) is 1. The molecule has 0 radical (unpaired) electrons. The van der Waals surface area contributed by atoms with E-state index in [0.29, 0.717) is 12.0 Å². The van der Waals surface area contributed by atoms with Crippen molar-refractivity contribution in [3.8, 4) is 11.5 Å². The van der Waals surface area contributed by atoms with Crippen LogP contribution >= 0.6 is 0 Å². The summed E-state index contributed by atoms with van der Waals surface area (Å²) >= 11 is 0. The van der Waals surface area contributed by atoms with Gasteiger partial charge in [-0.1, -0.05) is 19.1 Å². The van der Waals surface area contributed by atoms with Gasteiger partial charge >= 0.3 is 6.29 Å². The first-order valence-corrected chi connectivity index (χ1v) is 6.20. The molecule has 1 aliphatic heterocycles. The van der Waals surface area contributed by atoms with Gasteiger partial charge in [0.2, 0.25) is 5.91 Å². The highest BCUT2D eigenvalue weighted by atomic mass is 19.3. The molecule has 1 aliphatic rings. The topological polar surface area (TPSA) is 73.6 Å². The Morgan fingerprint density at radius 3 is 2.75 bits per heavy atom. The van der Waals surface area contributed by atoms with Crippen LogP contribution in [0.25, 0.3) is 0 Å². The van der Waals surface area contributed by atoms with Gasteiger partial charge in [0.05, 0.1) is 5.54 Å². The predicted octanol–water partition coefficient (Wildman–Crippen LogP) is 1.75. The summed E-state index contributed by atoms with van der Waals surface area (Å²) in [7, 11) is 0. The maximum absolute atomic E-state index is 13.0. The van der Waals surface area contributed by atoms with Gasteiger partial charge in [-0.3, -0.25) is 10.1 Å². The van der Waals surface area contributed by atoms with Crippen LogP contribution < -0.4 is 20.5 Å². The lowest BCUT2D eigenvalue weighted by Gasteiger charge is -2.26. The molecule has 0 spiro atoms. The fourth-order valence-electron chi connectivity index (χ4n) is 1.84. The summed E-state index contributed by atoms with van der Waals surface area (Å²) in [4.78, 5) is 11.4. The van der Waals surface area contributed by atoms with E-state index in [4.69, 9.17) is 5.73 Å². The molecule has 1 heterocycles. The number of hydrogen-bond acceptors (Lipinski definition) is 4. The molecule has 20 heavy (non-hydrogen) atoms. The first-order chi connectivity index (χ1) is 9.27. The monoisotopic (exact) mass is 286 g/mol. The van der Waals surface area contributed by atoms with Gasteiger partial charge in [-0.25, -0.2) is 0 Å². The normalized spacial score (nSPS) is 18.6. The number of benzene rings is 1. The zero-order valence-electron chi connectivity index (χ0n) is 11.2. The van der Waals surface area contributed by atoms with Crippen LogP contribution in [0.3, 0.4) is 0 Å². The summed E-state index contributed by atoms with van der Waals surface area (Å²) < 4.78 is 34.9. The van der Waals surface area contributed by atoms with Crippen LogP contribution in [-0.2, 0) is 11.3 Å². The van der Waals surface area contributed by atoms with E-state index in [2.05, 4.69) is 14.8 Å². The van der Waals surface area contributed by atoms with E-state index in [1.807, 2.05) is 0 Å². The van der Waals surface area contributed by atoms with E-state index >= 15 is 0 Å². The minimum atomic E-state index is -3.66. The standard InChI is InChI=1S/C13H16F2N2O3/c1-3-12(2,11(16)18)17-7-8-5-4-6-9-10(8)20-13(14,15)19-9/h4-6,17H,3,7H2,1-2H3,(H2,16,18). The summed E-state index contributed by atoms with van der Waals surface area (Å²) in [5.74, 6) is -0.547. The van der Waals surface area contributed by atoms with Crippen molar-refractivity contribution in [1.82, 2.24) is 5.32 Å². The third-order valence-corrected chi connectivity index (χ3v) is 3.43. The highest BCUT2D eigenvalue weighted by molar-refractivity contribution is 5.84. The summed E-state index contributed by atoms with van der Waals surface area (Å²) in [6, 6.07) is 4.59. The molecule has 0 saturated heterocycles. The maximum Gasteiger partial charge on any atom is 0.586 e. The summed E-state index contributed by atoms with van der Waals surface area (Å²) in [6.45, 7) is 3.63. The molecule has 1 atom stereocenters. The third-order valence-electron chi connectivity index (χ3n) is 3.43. The molecule has 3 N–H and O–H groups in total. The Morgan fingerprint density at radius 1 is 1.45 bits per heavy atom. The average molecular weight is 286 g/mol. The number of hydrogen-bond donors (Lipinski definition) is 2. The van der Waals surface area contributed by atoms with Gasteiger partial charge in [-0.15, -0.1) is 8.78 Å². The number of halogens is 2. The van der Waals surface area contributed by atoms with E-state index in [-0.39, 0.29) is 18.0 Å². The second-order valence-corrected chi connectivity index (χ2v) is 4.82. The maximum atomic E-state index is 13.0. The summed E-state index contributed by atoms with van der Waals surface area (Å²) in [5.41, 5.74) is 4.88. The Kier molecular flexibility index (Phi) is 3.56. The Labute approximate surface area is 115 Å². The lowest BCUT2D eigenvalue weighted by molar-refractivity contribution is -0.287. The van der Waals surface area contributed by atoms with Gasteiger partial charge in [0.1, 0.15) is 0 Å². The number of primary amides is 1. The third kappa shape index (κ3) is 2.67. The van der Waals surface area contributed by atoms with Crippen molar-refractivity contribution in [2.45, 2.75) is 38.6 Å². The van der Waals surface area contributed by atoms with Crippen molar-refractivity contribution in [2.24, 2.45) is 5.73 Å². The van der Waals surface area contributed by atoms with Crippen LogP contribution in [0, 0.1) is 0 Å². The SMILES string of the molecule is CCC(C)(NCc1cccc2c1OC(F)(F)O2)C(N)=O. The molecule has 1 amide bonds. The summed E-state index contributed by atoms with van der Waals surface area (Å²) in [5, 5.41) is 2.96. The number of amides is 1. The van der Waals surface area contributed by atoms with Crippen molar-refractivity contribution >= 4 is 5.91 Å². The minimum absolute atomic E-state index is 0.0204. The molecule has 0 fully saturated rings. The van der Waals surface area contributed by atoms with Gasteiger partial charge in [0.25, 0.3) is 0 Å². The molecular formula is C13H16F2N2O3. The van der Waals surface area contributed by atoms with Crippen LogP contribution in [0.2, 0.25) is 0 Å². The van der Waals surface area contributed by atoms with Gasteiger partial charge in [-0.05, 0) is 19.4 Å². The number of carbonyl (C=O) groups excluding carboxylic acids is 1. The number of fused-ring (bicyclic) bond motifs is 1. The van der Waals surface area contributed by atoms with Crippen molar-refractivity contribution in [3.05, 3.63) is 23.8 Å². The zero-order valence-corrected chi connectivity index (χ0v) is 11.2. The number of nitrogens with two attached hydrogens (primary N) is 1. The Balaban J connectivity index is 2.17. The number of rotatable bonds is 5. The first kappa shape index (κ1) is 14.5. The average Bonchev–Trinajstić information content (AvgIpc) is 2.69. The van der Waals surface area contributed by atoms with E-state index in [9.17, 15) is 13.6 Å². The fourth-order valence-corrected chi connectivity index (χ4v) is 1.84. The molecule has 1 aromatic rings. The quantitative estimate of drug-likeness (QED) is 0.865. The second-order valence-electron chi connectivity index (χ2n) is 4.82. The molecule has 1 unspecified atom stereocenters. The molecule has 5 nitrogen and oxygen atoms in total. The summed E-state index contributed by atoms with van der Waals surface area (Å²) in [6.07, 6.45) is -3.18. The Hall–Kier alpha value is -1.89. The first-order valence-electron chi connectivity index (χ1n) is 6.20. The van der Waals surface area contributed by atoms with Gasteiger partial charge in [-0.2, -0.15) is 0 Å². The van der Waals surface area contributed by atoms with Crippen molar-refractivity contribution in [3.63, 3.8) is 0 Å². The molecule has 0 bridgehead atoms. The molecular weight excluding hydrogens is 270 g/mol. The van der Waals surface area contributed by atoms with Crippen LogP contribution in [0.15, 0.2) is 18.2 Å². The van der Waals surface area contributed by atoms with E-state index in [1.165, 1.54) is 6.07 Å². The molecule has 2 rings (SSSR count). The van der Waals surface area contributed by atoms with Crippen LogP contribution in [-0.4, -0.2) is 17.7 Å². The van der Waals surface area contributed by atoms with Gasteiger partial charge < -0.3 is 15.2 Å². The zero-order chi connectivity index (χ0) is 15.0. The highest BCUT2D eigenvalue weighted by Crippen LogP contribution is 2.43. The molecule has 7 heteroatoms. The van der Waals surface area contributed by atoms with Crippen LogP contribution in [0.1, 0.15) is 25.8 Å². The predicted molar refractivity (Wildman–Crippen MR) is 67.4 cm³/mol. The lowest BCUT2D eigenvalue weighted by atomic mass is 9.97. The number of para-hydroxylation sites is 1. The molecule has 0 aromatic heterocycles. The largest absolute Gasteiger partial charge is 0.586 e. The van der Waals surface area contributed by atoms with Crippen LogP contribution in [0.4, 0.5) is 8.78 Å². The minimum Gasteiger partial charge on any atom is -0.395 e. The Morgan fingerprint density at radius 2 is 2.15 bits per heavy atom. The van der Waals surface area contributed by atoms with E-state index < -0.39 is 17.7 Å². The van der Waals surface area contributed by atoms with Gasteiger partial charge in [0.15, 0.2) is 11.5 Å². The van der Waals surface area contributed by atoms with Crippen molar-refractivity contribution < 1.29 is 23.0 Å². The Bertz CT molecular complexity index is 536. The fraction of sp³-hybridized carbons (Fsp3) is 0.462. The second kappa shape index (κ2) is 4.90. The van der Waals surface area contributed by atoms with E-state index in [0.717, 1.165) is 0 Å². The van der Waals surface area contributed by atoms with Crippen molar-refractivity contribution in [2.75, 3.05) is 0 Å².